The fraction of sp³-hybridized carbons (Fsp3) is 0.375. The highest BCUT2D eigenvalue weighted by Gasteiger charge is 2.33. The van der Waals surface area contributed by atoms with Gasteiger partial charge >= 0.3 is 6.18 Å². The number of nitrogens with zero attached hydrogens (tertiary/aromatic N) is 2. The molecule has 2 aromatic rings. The van der Waals surface area contributed by atoms with Crippen LogP contribution in [0.15, 0.2) is 54.6 Å². The van der Waals surface area contributed by atoms with Crippen LogP contribution >= 0.6 is 0 Å². The molecule has 0 bridgehead atoms. The molecule has 7 nitrogen and oxygen atoms in total. The molecule has 0 aliphatic carbocycles. The third-order valence-corrected chi connectivity index (χ3v) is 5.49. The van der Waals surface area contributed by atoms with Crippen LogP contribution in [0.1, 0.15) is 29.3 Å². The summed E-state index contributed by atoms with van der Waals surface area (Å²) in [6, 6.07) is 13.2. The number of hydrogen-bond donors (Lipinski definition) is 2. The van der Waals surface area contributed by atoms with Gasteiger partial charge in [0, 0.05) is 44.2 Å². The number of alkyl halides is 3. The van der Waals surface area contributed by atoms with Gasteiger partial charge in [0.05, 0.1) is 17.8 Å². The van der Waals surface area contributed by atoms with Crippen molar-refractivity contribution in [2.24, 2.45) is 0 Å². The third kappa shape index (κ3) is 7.05. The van der Waals surface area contributed by atoms with Crippen LogP contribution < -0.4 is 10.6 Å². The van der Waals surface area contributed by atoms with E-state index < -0.39 is 17.6 Å². The van der Waals surface area contributed by atoms with E-state index in [-0.39, 0.29) is 36.5 Å². The second-order valence-electron chi connectivity index (χ2n) is 8.19. The number of nitrogens with one attached hydrogen (secondary N) is 2. The smallest absolute Gasteiger partial charge is 0.349 e. The van der Waals surface area contributed by atoms with Crippen LogP contribution in [0.4, 0.5) is 18.9 Å². The fourth-order valence-corrected chi connectivity index (χ4v) is 3.73. The Balaban J connectivity index is 1.43. The van der Waals surface area contributed by atoms with Crippen molar-refractivity contribution >= 4 is 23.4 Å². The summed E-state index contributed by atoms with van der Waals surface area (Å²) in [6.45, 7) is 3.32. The Morgan fingerprint density at radius 2 is 1.56 bits per heavy atom. The van der Waals surface area contributed by atoms with Crippen molar-refractivity contribution in [3.63, 3.8) is 0 Å². The molecular formula is C24H27F3N4O3. The highest BCUT2D eigenvalue weighted by molar-refractivity contribution is 5.94. The zero-order valence-electron chi connectivity index (χ0n) is 18.8. The van der Waals surface area contributed by atoms with Gasteiger partial charge in [-0.2, -0.15) is 13.2 Å². The summed E-state index contributed by atoms with van der Waals surface area (Å²) in [5, 5.41) is 5.14. The van der Waals surface area contributed by atoms with Gasteiger partial charge in [0.15, 0.2) is 0 Å². The van der Waals surface area contributed by atoms with E-state index in [4.69, 9.17) is 0 Å². The molecule has 2 N–H and O–H groups in total. The summed E-state index contributed by atoms with van der Waals surface area (Å²) in [6.07, 6.45) is -4.42. The predicted octanol–water partition coefficient (Wildman–Crippen LogP) is 3.00. The lowest BCUT2D eigenvalue weighted by Gasteiger charge is -2.35. The van der Waals surface area contributed by atoms with Gasteiger partial charge in [0.25, 0.3) is 5.91 Å². The highest BCUT2D eigenvalue weighted by atomic mass is 19.4. The van der Waals surface area contributed by atoms with Crippen molar-refractivity contribution in [2.75, 3.05) is 38.0 Å². The first kappa shape index (κ1) is 25.2. The van der Waals surface area contributed by atoms with Gasteiger partial charge in [-0.25, -0.2) is 0 Å². The molecule has 0 saturated carbocycles. The lowest BCUT2D eigenvalue weighted by molar-refractivity contribution is -0.137. The molecule has 0 aromatic heterocycles. The fourth-order valence-electron chi connectivity index (χ4n) is 3.73. The average Bonchev–Trinajstić information content (AvgIpc) is 2.79. The molecule has 1 atom stereocenters. The minimum absolute atomic E-state index is 0.0717. The molecule has 1 fully saturated rings. The van der Waals surface area contributed by atoms with Crippen LogP contribution in [-0.2, 0) is 15.8 Å². The monoisotopic (exact) mass is 476 g/mol. The Kier molecular flexibility index (Phi) is 8.27. The summed E-state index contributed by atoms with van der Waals surface area (Å²) in [4.78, 5) is 40.6. The molecular weight excluding hydrogens is 449 g/mol. The number of halogens is 3. The van der Waals surface area contributed by atoms with Crippen LogP contribution in [0.3, 0.4) is 0 Å². The summed E-state index contributed by atoms with van der Waals surface area (Å²) in [7, 11) is 0. The van der Waals surface area contributed by atoms with Gasteiger partial charge in [0.2, 0.25) is 11.8 Å². The van der Waals surface area contributed by atoms with E-state index in [0.29, 0.717) is 31.7 Å². The van der Waals surface area contributed by atoms with Crippen LogP contribution in [-0.4, -0.2) is 66.3 Å². The molecule has 3 amide bonds. The summed E-state index contributed by atoms with van der Waals surface area (Å²) >= 11 is 0. The number of carbonyl (C=O) groups excluding carboxylic acids is 3. The van der Waals surface area contributed by atoms with Crippen molar-refractivity contribution < 1.29 is 27.6 Å². The molecule has 1 aliphatic rings. The largest absolute Gasteiger partial charge is 0.418 e. The lowest BCUT2D eigenvalue weighted by Crippen LogP contribution is -2.51. The van der Waals surface area contributed by atoms with Gasteiger partial charge in [0.1, 0.15) is 0 Å². The van der Waals surface area contributed by atoms with Crippen LogP contribution in [0.25, 0.3) is 0 Å². The third-order valence-electron chi connectivity index (χ3n) is 5.49. The highest BCUT2D eigenvalue weighted by Crippen LogP contribution is 2.34. The quantitative estimate of drug-likeness (QED) is 0.644. The van der Waals surface area contributed by atoms with Crippen molar-refractivity contribution in [3.8, 4) is 0 Å². The average molecular weight is 476 g/mol. The van der Waals surface area contributed by atoms with Gasteiger partial charge in [-0.1, -0.05) is 30.3 Å². The Labute approximate surface area is 195 Å². The van der Waals surface area contributed by atoms with Crippen LogP contribution in [0.5, 0.6) is 0 Å². The molecule has 2 aromatic carbocycles. The molecule has 0 spiro atoms. The first-order valence-corrected chi connectivity index (χ1v) is 11.0. The van der Waals surface area contributed by atoms with Crippen LogP contribution in [0.2, 0.25) is 0 Å². The summed E-state index contributed by atoms with van der Waals surface area (Å²) < 4.78 is 39.3. The Bertz CT molecular complexity index is 1010. The van der Waals surface area contributed by atoms with E-state index in [1.165, 1.54) is 18.2 Å². The van der Waals surface area contributed by atoms with Crippen LogP contribution in [0, 0.1) is 0 Å². The van der Waals surface area contributed by atoms with Gasteiger partial charge in [-0.3, -0.25) is 19.3 Å². The van der Waals surface area contributed by atoms with E-state index in [0.717, 1.165) is 6.07 Å². The molecule has 1 saturated heterocycles. The Morgan fingerprint density at radius 1 is 0.941 bits per heavy atom. The summed E-state index contributed by atoms with van der Waals surface area (Å²) in [5.41, 5.74) is -0.654. The SMILES string of the molecule is C[C@@H](CC(=O)N1CCN(CC(=O)Nc2ccccc2C(F)(F)F)CC1)NC(=O)c1ccccc1. The molecule has 0 radical (unpaired) electrons. The zero-order valence-corrected chi connectivity index (χ0v) is 18.8. The van der Waals surface area contributed by atoms with E-state index in [1.54, 1.807) is 41.0 Å². The van der Waals surface area contributed by atoms with Crippen molar-refractivity contribution in [2.45, 2.75) is 25.6 Å². The number of piperazine rings is 1. The number of rotatable bonds is 7. The Morgan fingerprint density at radius 3 is 2.21 bits per heavy atom. The van der Waals surface area contributed by atoms with Gasteiger partial charge in [-0.05, 0) is 31.2 Å². The molecule has 1 heterocycles. The second-order valence-corrected chi connectivity index (χ2v) is 8.19. The maximum Gasteiger partial charge on any atom is 0.418 e. The molecule has 1 aliphatic heterocycles. The molecule has 0 unspecified atom stereocenters. The maximum atomic E-state index is 13.1. The first-order valence-electron chi connectivity index (χ1n) is 11.0. The molecule has 182 valence electrons. The zero-order chi connectivity index (χ0) is 24.7. The van der Waals surface area contributed by atoms with E-state index in [2.05, 4.69) is 10.6 Å². The number of amides is 3. The Hall–Kier alpha value is -3.40. The van der Waals surface area contributed by atoms with E-state index in [9.17, 15) is 27.6 Å². The molecule has 10 heteroatoms. The maximum absolute atomic E-state index is 13.1. The number of benzene rings is 2. The van der Waals surface area contributed by atoms with Gasteiger partial charge in [-0.15, -0.1) is 0 Å². The lowest BCUT2D eigenvalue weighted by atomic mass is 10.1. The minimum Gasteiger partial charge on any atom is -0.349 e. The van der Waals surface area contributed by atoms with Gasteiger partial charge < -0.3 is 15.5 Å². The second kappa shape index (κ2) is 11.1. The molecule has 3 rings (SSSR count). The van der Waals surface area contributed by atoms with E-state index >= 15 is 0 Å². The van der Waals surface area contributed by atoms with Crippen molar-refractivity contribution in [1.29, 1.82) is 0 Å². The number of anilines is 1. The predicted molar refractivity (Wildman–Crippen MR) is 121 cm³/mol. The topological polar surface area (TPSA) is 81.8 Å². The van der Waals surface area contributed by atoms with Crippen molar-refractivity contribution in [1.82, 2.24) is 15.1 Å². The number of hydrogen-bond acceptors (Lipinski definition) is 4. The molecule has 34 heavy (non-hydrogen) atoms. The number of para-hydroxylation sites is 1. The number of carbonyl (C=O) groups is 3. The standard InChI is InChI=1S/C24H27F3N4O3/c1-17(28-23(34)18-7-3-2-4-8-18)15-22(33)31-13-11-30(12-14-31)16-21(32)29-20-10-6-5-9-19(20)24(25,26)27/h2-10,17H,11-16H2,1H3,(H,28,34)(H,29,32)/t17-/m0/s1. The van der Waals surface area contributed by atoms with E-state index in [1.807, 2.05) is 6.07 Å². The summed E-state index contributed by atoms with van der Waals surface area (Å²) in [5.74, 6) is -0.901. The normalized spacial score (nSPS) is 15.5. The van der Waals surface area contributed by atoms with Crippen molar-refractivity contribution in [3.05, 3.63) is 65.7 Å². The first-order chi connectivity index (χ1) is 16.1. The minimum atomic E-state index is -4.56.